The molecule has 18 heavy (non-hydrogen) atoms. The van der Waals surface area contributed by atoms with Crippen molar-refractivity contribution in [3.05, 3.63) is 42.2 Å². The third-order valence-electron chi connectivity index (χ3n) is 2.67. The highest BCUT2D eigenvalue weighted by Crippen LogP contribution is 2.10. The van der Waals surface area contributed by atoms with Gasteiger partial charge in [0.15, 0.2) is 5.78 Å². The van der Waals surface area contributed by atoms with E-state index in [1.165, 1.54) is 0 Å². The van der Waals surface area contributed by atoms with Crippen LogP contribution in [0.3, 0.4) is 0 Å². The lowest BCUT2D eigenvalue weighted by atomic mass is 10.1. The molecule has 1 heterocycles. The summed E-state index contributed by atoms with van der Waals surface area (Å²) in [7, 11) is 0. The summed E-state index contributed by atoms with van der Waals surface area (Å²) in [6, 6.07) is 7.54. The minimum absolute atomic E-state index is 0.171. The molecule has 1 aromatic heterocycles. The van der Waals surface area contributed by atoms with Crippen LogP contribution in [-0.4, -0.2) is 27.3 Å². The van der Waals surface area contributed by atoms with Crippen molar-refractivity contribution in [3.63, 3.8) is 0 Å². The van der Waals surface area contributed by atoms with E-state index in [1.807, 2.05) is 37.4 Å². The van der Waals surface area contributed by atoms with Crippen molar-refractivity contribution < 1.29 is 4.79 Å². The van der Waals surface area contributed by atoms with Gasteiger partial charge in [-0.05, 0) is 24.3 Å². The lowest BCUT2D eigenvalue weighted by Crippen LogP contribution is -2.11. The third kappa shape index (κ3) is 3.16. The molecular formula is C13H16N4O. The lowest BCUT2D eigenvalue weighted by molar-refractivity contribution is 0.0988. The van der Waals surface area contributed by atoms with E-state index in [2.05, 4.69) is 15.6 Å². The second-order valence-corrected chi connectivity index (χ2v) is 3.95. The van der Waals surface area contributed by atoms with Crippen LogP contribution in [0.4, 0.5) is 5.69 Å². The van der Waals surface area contributed by atoms with Gasteiger partial charge in [0.25, 0.3) is 0 Å². The Morgan fingerprint density at radius 1 is 1.33 bits per heavy atom. The molecule has 1 aromatic carbocycles. The van der Waals surface area contributed by atoms with Crippen LogP contribution in [-0.2, 0) is 6.54 Å². The van der Waals surface area contributed by atoms with Gasteiger partial charge < -0.3 is 5.32 Å². The summed E-state index contributed by atoms with van der Waals surface area (Å²) in [6.07, 6.45) is 4.02. The normalized spacial score (nSPS) is 10.3. The minimum Gasteiger partial charge on any atom is -0.383 e. The largest absolute Gasteiger partial charge is 0.383 e. The van der Waals surface area contributed by atoms with E-state index >= 15 is 0 Å². The van der Waals surface area contributed by atoms with Gasteiger partial charge in [0.2, 0.25) is 0 Å². The van der Waals surface area contributed by atoms with Crippen molar-refractivity contribution in [2.24, 2.45) is 0 Å². The molecule has 0 radical (unpaired) electrons. The molecule has 0 aliphatic heterocycles. The summed E-state index contributed by atoms with van der Waals surface area (Å²) in [4.78, 5) is 11.5. The van der Waals surface area contributed by atoms with Gasteiger partial charge in [-0.1, -0.05) is 12.1 Å². The van der Waals surface area contributed by atoms with E-state index < -0.39 is 0 Å². The maximum absolute atomic E-state index is 11.5. The fourth-order valence-electron chi connectivity index (χ4n) is 1.64. The van der Waals surface area contributed by atoms with Crippen LogP contribution in [0, 0.1) is 0 Å². The maximum Gasteiger partial charge on any atom is 0.162 e. The Morgan fingerprint density at radius 2 is 2.11 bits per heavy atom. The molecular weight excluding hydrogens is 228 g/mol. The van der Waals surface area contributed by atoms with Gasteiger partial charge in [-0.15, -0.1) is 5.10 Å². The Bertz CT molecular complexity index is 490. The Hall–Kier alpha value is -2.17. The molecule has 5 nitrogen and oxygen atoms in total. The molecule has 0 amide bonds. The van der Waals surface area contributed by atoms with Crippen LogP contribution in [0.25, 0.3) is 0 Å². The van der Waals surface area contributed by atoms with E-state index in [4.69, 9.17) is 0 Å². The fraction of sp³-hybridized carbons (Fsp3) is 0.308. The first-order valence-electron chi connectivity index (χ1n) is 6.01. The van der Waals surface area contributed by atoms with Gasteiger partial charge in [-0.3, -0.25) is 9.48 Å². The molecule has 0 fully saturated rings. The number of carbonyl (C=O) groups is 1. The van der Waals surface area contributed by atoms with E-state index in [0.29, 0.717) is 6.42 Å². The first-order valence-corrected chi connectivity index (χ1v) is 6.01. The van der Waals surface area contributed by atoms with E-state index in [0.717, 1.165) is 24.3 Å². The average molecular weight is 244 g/mol. The number of rotatable bonds is 6. The van der Waals surface area contributed by atoms with Crippen molar-refractivity contribution in [2.75, 3.05) is 11.9 Å². The number of hydrogen-bond donors (Lipinski definition) is 1. The number of carbonyl (C=O) groups excluding carboxylic acids is 1. The average Bonchev–Trinajstić information content (AvgIpc) is 2.92. The number of Topliss-reactive ketones (excluding diaryl/α,β-unsaturated/α-hetero) is 1. The van der Waals surface area contributed by atoms with Gasteiger partial charge in [0.05, 0.1) is 12.7 Å². The minimum atomic E-state index is 0.171. The molecule has 94 valence electrons. The molecule has 0 saturated carbocycles. The Balaban J connectivity index is 1.85. The van der Waals surface area contributed by atoms with Gasteiger partial charge in [-0.25, -0.2) is 0 Å². The standard InChI is InChI=1S/C13H16N4O/c1-2-13(18)11-3-5-12(6-4-11)14-7-9-17-10-8-15-16-17/h3-6,8,10,14H,2,7,9H2,1H3. The summed E-state index contributed by atoms with van der Waals surface area (Å²) in [6.45, 7) is 3.40. The van der Waals surface area contributed by atoms with Crippen molar-refractivity contribution in [3.8, 4) is 0 Å². The number of nitrogens with one attached hydrogen (secondary N) is 1. The number of hydrogen-bond acceptors (Lipinski definition) is 4. The van der Waals surface area contributed by atoms with Crippen molar-refractivity contribution in [2.45, 2.75) is 19.9 Å². The van der Waals surface area contributed by atoms with Crippen LogP contribution in [0.2, 0.25) is 0 Å². The second kappa shape index (κ2) is 5.95. The molecule has 2 rings (SSSR count). The summed E-state index contributed by atoms with van der Waals surface area (Å²) >= 11 is 0. The SMILES string of the molecule is CCC(=O)c1ccc(NCCn2ccnn2)cc1. The first-order chi connectivity index (χ1) is 8.79. The molecule has 5 heteroatoms. The Morgan fingerprint density at radius 3 is 2.72 bits per heavy atom. The summed E-state index contributed by atoms with van der Waals surface area (Å²) in [5, 5.41) is 10.9. The predicted octanol–water partition coefficient (Wildman–Crippen LogP) is 1.98. The van der Waals surface area contributed by atoms with Crippen molar-refractivity contribution in [1.82, 2.24) is 15.0 Å². The van der Waals surface area contributed by atoms with Crippen LogP contribution in [0.1, 0.15) is 23.7 Å². The van der Waals surface area contributed by atoms with Crippen LogP contribution < -0.4 is 5.32 Å². The van der Waals surface area contributed by atoms with Crippen LogP contribution in [0.5, 0.6) is 0 Å². The number of benzene rings is 1. The molecule has 0 aliphatic carbocycles. The highest BCUT2D eigenvalue weighted by molar-refractivity contribution is 5.96. The smallest absolute Gasteiger partial charge is 0.162 e. The lowest BCUT2D eigenvalue weighted by Gasteiger charge is -2.06. The molecule has 2 aromatic rings. The third-order valence-corrected chi connectivity index (χ3v) is 2.67. The molecule has 0 unspecified atom stereocenters. The van der Waals surface area contributed by atoms with Gasteiger partial charge in [0, 0.05) is 30.4 Å². The molecule has 1 N–H and O–H groups in total. The maximum atomic E-state index is 11.5. The molecule has 0 bridgehead atoms. The molecule has 0 aliphatic rings. The van der Waals surface area contributed by atoms with Gasteiger partial charge in [-0.2, -0.15) is 0 Å². The Kier molecular flexibility index (Phi) is 4.06. The predicted molar refractivity (Wildman–Crippen MR) is 69.6 cm³/mol. The Labute approximate surface area is 106 Å². The summed E-state index contributed by atoms with van der Waals surface area (Å²) in [5.41, 5.74) is 1.77. The molecule has 0 saturated heterocycles. The zero-order chi connectivity index (χ0) is 12.8. The summed E-state index contributed by atoms with van der Waals surface area (Å²) in [5.74, 6) is 0.171. The fourth-order valence-corrected chi connectivity index (χ4v) is 1.64. The number of nitrogens with zero attached hydrogens (tertiary/aromatic N) is 3. The van der Waals surface area contributed by atoms with Gasteiger partial charge >= 0.3 is 0 Å². The topological polar surface area (TPSA) is 59.8 Å². The summed E-state index contributed by atoms with van der Waals surface area (Å²) < 4.78 is 1.77. The van der Waals surface area contributed by atoms with Crippen molar-refractivity contribution in [1.29, 1.82) is 0 Å². The van der Waals surface area contributed by atoms with E-state index in [9.17, 15) is 4.79 Å². The van der Waals surface area contributed by atoms with E-state index in [-0.39, 0.29) is 5.78 Å². The van der Waals surface area contributed by atoms with Crippen LogP contribution in [0.15, 0.2) is 36.7 Å². The number of aromatic nitrogens is 3. The second-order valence-electron chi connectivity index (χ2n) is 3.95. The first kappa shape index (κ1) is 12.3. The number of anilines is 1. The van der Waals surface area contributed by atoms with Crippen molar-refractivity contribution >= 4 is 11.5 Å². The molecule has 0 atom stereocenters. The monoisotopic (exact) mass is 244 g/mol. The quantitative estimate of drug-likeness (QED) is 0.789. The number of ketones is 1. The zero-order valence-electron chi connectivity index (χ0n) is 10.3. The molecule has 0 spiro atoms. The van der Waals surface area contributed by atoms with E-state index in [1.54, 1.807) is 10.9 Å². The highest BCUT2D eigenvalue weighted by Gasteiger charge is 2.01. The van der Waals surface area contributed by atoms with Crippen LogP contribution >= 0.6 is 0 Å². The highest BCUT2D eigenvalue weighted by atomic mass is 16.1. The zero-order valence-corrected chi connectivity index (χ0v) is 10.3. The van der Waals surface area contributed by atoms with Gasteiger partial charge in [0.1, 0.15) is 0 Å².